The summed E-state index contributed by atoms with van der Waals surface area (Å²) in [7, 11) is 1.69. The van der Waals surface area contributed by atoms with E-state index in [2.05, 4.69) is 16.9 Å². The van der Waals surface area contributed by atoms with E-state index >= 15 is 0 Å². The van der Waals surface area contributed by atoms with Crippen molar-refractivity contribution in [1.29, 1.82) is 0 Å². The number of hydrogen-bond donors (Lipinski definition) is 0. The molecule has 0 radical (unpaired) electrons. The van der Waals surface area contributed by atoms with Crippen LogP contribution in [0.4, 0.5) is 0 Å². The lowest BCUT2D eigenvalue weighted by Gasteiger charge is -2.29. The molecular weight excluding hydrogens is 290 g/mol. The van der Waals surface area contributed by atoms with Crippen molar-refractivity contribution >= 4 is 5.91 Å². The summed E-state index contributed by atoms with van der Waals surface area (Å²) in [5, 5.41) is 0. The van der Waals surface area contributed by atoms with E-state index in [-0.39, 0.29) is 5.91 Å². The van der Waals surface area contributed by atoms with E-state index in [0.29, 0.717) is 25.3 Å². The Labute approximate surface area is 136 Å². The van der Waals surface area contributed by atoms with Crippen LogP contribution in [0.25, 0.3) is 0 Å². The Morgan fingerprint density at radius 2 is 2.17 bits per heavy atom. The van der Waals surface area contributed by atoms with E-state index in [9.17, 15) is 4.79 Å². The largest absolute Gasteiger partial charge is 0.380 e. The van der Waals surface area contributed by atoms with Crippen molar-refractivity contribution < 1.29 is 9.53 Å². The molecule has 0 saturated carbocycles. The number of aromatic nitrogens is 2. The second-order valence-electron chi connectivity index (χ2n) is 5.74. The number of ether oxygens (including phenoxy) is 1. The zero-order valence-corrected chi connectivity index (χ0v) is 13.6. The number of hydrogen-bond acceptors (Lipinski definition) is 4. The maximum atomic E-state index is 12.7. The Bertz CT molecular complexity index is 698. The summed E-state index contributed by atoms with van der Waals surface area (Å²) in [6.07, 6.45) is 7.10. The van der Waals surface area contributed by atoms with E-state index in [1.807, 2.05) is 29.4 Å². The van der Waals surface area contributed by atoms with Crippen LogP contribution >= 0.6 is 0 Å². The minimum atomic E-state index is 0.0305. The number of amides is 1. The van der Waals surface area contributed by atoms with Crippen LogP contribution in [0.2, 0.25) is 0 Å². The standard InChI is InChI=1S/C18H21N3O2/c1-3-16-5-4-13(10-20-16)18(22)21-7-6-17-14(11-21)8-19-9-15(17)12-23-2/h4-5,8-10H,3,6-7,11-12H2,1-2H3. The summed E-state index contributed by atoms with van der Waals surface area (Å²) in [6, 6.07) is 3.78. The molecule has 0 fully saturated rings. The van der Waals surface area contributed by atoms with E-state index in [4.69, 9.17) is 4.74 Å². The van der Waals surface area contributed by atoms with Gasteiger partial charge in [0, 0.05) is 44.5 Å². The van der Waals surface area contributed by atoms with Gasteiger partial charge in [-0.05, 0) is 41.7 Å². The molecule has 0 aromatic carbocycles. The normalized spacial score (nSPS) is 13.7. The summed E-state index contributed by atoms with van der Waals surface area (Å²) >= 11 is 0. The second-order valence-corrected chi connectivity index (χ2v) is 5.74. The molecule has 0 atom stereocenters. The van der Waals surface area contributed by atoms with E-state index in [0.717, 1.165) is 29.7 Å². The number of fused-ring (bicyclic) bond motifs is 1. The molecule has 0 unspecified atom stereocenters. The molecule has 2 aromatic rings. The summed E-state index contributed by atoms with van der Waals surface area (Å²) in [4.78, 5) is 23.1. The Hall–Kier alpha value is -2.27. The van der Waals surface area contributed by atoms with Gasteiger partial charge in [0.1, 0.15) is 0 Å². The molecule has 120 valence electrons. The van der Waals surface area contributed by atoms with Crippen LogP contribution in [0.3, 0.4) is 0 Å². The lowest BCUT2D eigenvalue weighted by atomic mass is 9.97. The van der Waals surface area contributed by atoms with Gasteiger partial charge in [-0.1, -0.05) is 6.92 Å². The van der Waals surface area contributed by atoms with Gasteiger partial charge in [-0.2, -0.15) is 0 Å². The molecule has 5 heteroatoms. The van der Waals surface area contributed by atoms with Gasteiger partial charge < -0.3 is 9.64 Å². The van der Waals surface area contributed by atoms with Gasteiger partial charge in [0.2, 0.25) is 0 Å². The maximum Gasteiger partial charge on any atom is 0.255 e. The van der Waals surface area contributed by atoms with Crippen molar-refractivity contribution in [2.45, 2.75) is 32.9 Å². The highest BCUT2D eigenvalue weighted by Gasteiger charge is 2.23. The predicted octanol–water partition coefficient (Wildman–Crippen LogP) is 2.38. The molecule has 5 nitrogen and oxygen atoms in total. The topological polar surface area (TPSA) is 55.3 Å². The first-order chi connectivity index (χ1) is 11.2. The number of methoxy groups -OCH3 is 1. The summed E-state index contributed by atoms with van der Waals surface area (Å²) < 4.78 is 5.23. The molecule has 3 rings (SSSR count). The average molecular weight is 311 g/mol. The summed E-state index contributed by atoms with van der Waals surface area (Å²) in [5.74, 6) is 0.0305. The van der Waals surface area contributed by atoms with Crippen LogP contribution in [-0.4, -0.2) is 34.4 Å². The average Bonchev–Trinajstić information content (AvgIpc) is 2.61. The van der Waals surface area contributed by atoms with Crippen molar-refractivity contribution in [2.24, 2.45) is 0 Å². The lowest BCUT2D eigenvalue weighted by Crippen LogP contribution is -2.36. The molecular formula is C18H21N3O2. The van der Waals surface area contributed by atoms with Crippen LogP contribution in [0, 0.1) is 0 Å². The second kappa shape index (κ2) is 6.87. The molecule has 0 bridgehead atoms. The first-order valence-electron chi connectivity index (χ1n) is 7.90. The number of aryl methyl sites for hydroxylation is 1. The van der Waals surface area contributed by atoms with Crippen molar-refractivity contribution in [3.63, 3.8) is 0 Å². The third kappa shape index (κ3) is 3.24. The van der Waals surface area contributed by atoms with Gasteiger partial charge in [-0.3, -0.25) is 14.8 Å². The third-order valence-electron chi connectivity index (χ3n) is 4.25. The van der Waals surface area contributed by atoms with Gasteiger partial charge in [0.05, 0.1) is 12.2 Å². The molecule has 1 aliphatic rings. The molecule has 0 N–H and O–H groups in total. The Morgan fingerprint density at radius 1 is 1.30 bits per heavy atom. The first kappa shape index (κ1) is 15.6. The fraction of sp³-hybridized carbons (Fsp3) is 0.389. The van der Waals surface area contributed by atoms with Crippen LogP contribution in [0.15, 0.2) is 30.7 Å². The third-order valence-corrected chi connectivity index (χ3v) is 4.25. The van der Waals surface area contributed by atoms with Crippen molar-refractivity contribution in [1.82, 2.24) is 14.9 Å². The summed E-state index contributed by atoms with van der Waals surface area (Å²) in [5.41, 5.74) is 5.14. The molecule has 23 heavy (non-hydrogen) atoms. The monoisotopic (exact) mass is 311 g/mol. The number of rotatable bonds is 4. The van der Waals surface area contributed by atoms with Crippen LogP contribution in [-0.2, 0) is 30.7 Å². The van der Waals surface area contributed by atoms with Gasteiger partial charge >= 0.3 is 0 Å². The number of carbonyl (C=O) groups excluding carboxylic acids is 1. The number of carbonyl (C=O) groups is 1. The van der Waals surface area contributed by atoms with Gasteiger partial charge in [-0.25, -0.2) is 0 Å². The van der Waals surface area contributed by atoms with Crippen LogP contribution in [0.1, 0.15) is 39.7 Å². The molecule has 0 aliphatic carbocycles. The van der Waals surface area contributed by atoms with Crippen molar-refractivity contribution in [2.75, 3.05) is 13.7 Å². The predicted molar refractivity (Wildman–Crippen MR) is 87.0 cm³/mol. The zero-order valence-electron chi connectivity index (χ0n) is 13.6. The molecule has 0 saturated heterocycles. The molecule has 1 amide bonds. The highest BCUT2D eigenvalue weighted by Crippen LogP contribution is 2.23. The Morgan fingerprint density at radius 3 is 2.87 bits per heavy atom. The van der Waals surface area contributed by atoms with E-state index in [1.165, 1.54) is 5.56 Å². The molecule has 0 spiro atoms. The molecule has 3 heterocycles. The van der Waals surface area contributed by atoms with E-state index < -0.39 is 0 Å². The first-order valence-corrected chi connectivity index (χ1v) is 7.90. The quantitative estimate of drug-likeness (QED) is 0.870. The van der Waals surface area contributed by atoms with E-state index in [1.54, 1.807) is 13.3 Å². The Balaban J connectivity index is 1.78. The SMILES string of the molecule is CCc1ccc(C(=O)N2CCc3c(COC)cncc3C2)cn1. The van der Waals surface area contributed by atoms with Gasteiger partial charge in [0.25, 0.3) is 5.91 Å². The molecule has 2 aromatic heterocycles. The van der Waals surface area contributed by atoms with Gasteiger partial charge in [-0.15, -0.1) is 0 Å². The minimum absolute atomic E-state index is 0.0305. The smallest absolute Gasteiger partial charge is 0.255 e. The zero-order chi connectivity index (χ0) is 16.2. The van der Waals surface area contributed by atoms with Crippen LogP contribution in [0.5, 0.6) is 0 Å². The number of pyridine rings is 2. The minimum Gasteiger partial charge on any atom is -0.380 e. The van der Waals surface area contributed by atoms with Gasteiger partial charge in [0.15, 0.2) is 0 Å². The van der Waals surface area contributed by atoms with Crippen LogP contribution < -0.4 is 0 Å². The highest BCUT2D eigenvalue weighted by atomic mass is 16.5. The van der Waals surface area contributed by atoms with Crippen molar-refractivity contribution in [3.8, 4) is 0 Å². The maximum absolute atomic E-state index is 12.7. The van der Waals surface area contributed by atoms with Crippen molar-refractivity contribution in [3.05, 3.63) is 58.7 Å². The lowest BCUT2D eigenvalue weighted by molar-refractivity contribution is 0.0733. The summed E-state index contributed by atoms with van der Waals surface area (Å²) in [6.45, 7) is 3.92. The Kier molecular flexibility index (Phi) is 4.67. The number of nitrogens with zero attached hydrogens (tertiary/aromatic N) is 3. The molecule has 1 aliphatic heterocycles. The fourth-order valence-corrected chi connectivity index (χ4v) is 2.96. The fourth-order valence-electron chi connectivity index (χ4n) is 2.96. The highest BCUT2D eigenvalue weighted by molar-refractivity contribution is 5.94.